The van der Waals surface area contributed by atoms with Gasteiger partial charge in [0.15, 0.2) is 0 Å². The molecule has 0 saturated heterocycles. The SMILES string of the molecule is CC(C)(C)ONC1CC(c2cccc(Cl)c2)C1. The monoisotopic (exact) mass is 253 g/mol. The van der Waals surface area contributed by atoms with Crippen LogP contribution in [0.4, 0.5) is 0 Å². The number of hydrogen-bond acceptors (Lipinski definition) is 2. The summed E-state index contributed by atoms with van der Waals surface area (Å²) in [5, 5.41) is 0.824. The molecule has 1 N–H and O–H groups in total. The van der Waals surface area contributed by atoms with Gasteiger partial charge in [0.1, 0.15) is 0 Å². The van der Waals surface area contributed by atoms with E-state index in [1.807, 2.05) is 32.9 Å². The molecule has 0 radical (unpaired) electrons. The highest BCUT2D eigenvalue weighted by Crippen LogP contribution is 2.37. The topological polar surface area (TPSA) is 21.3 Å². The highest BCUT2D eigenvalue weighted by atomic mass is 35.5. The summed E-state index contributed by atoms with van der Waals surface area (Å²) in [6.07, 6.45) is 2.24. The van der Waals surface area contributed by atoms with E-state index >= 15 is 0 Å². The van der Waals surface area contributed by atoms with Gasteiger partial charge in [0, 0.05) is 11.1 Å². The Morgan fingerprint density at radius 3 is 2.59 bits per heavy atom. The molecule has 0 unspecified atom stereocenters. The Bertz CT molecular complexity index is 380. The van der Waals surface area contributed by atoms with Crippen LogP contribution in [0.15, 0.2) is 24.3 Å². The summed E-state index contributed by atoms with van der Waals surface area (Å²) >= 11 is 5.99. The molecule has 0 heterocycles. The van der Waals surface area contributed by atoms with E-state index < -0.39 is 0 Å². The lowest BCUT2D eigenvalue weighted by molar-refractivity contribution is -0.101. The Balaban J connectivity index is 1.79. The largest absolute Gasteiger partial charge is 0.296 e. The van der Waals surface area contributed by atoms with Crippen molar-refractivity contribution in [1.29, 1.82) is 0 Å². The molecule has 0 bridgehead atoms. The Hall–Kier alpha value is -0.570. The lowest BCUT2D eigenvalue weighted by Gasteiger charge is -2.37. The predicted octanol–water partition coefficient (Wildman–Crippen LogP) is 3.91. The van der Waals surface area contributed by atoms with Crippen LogP contribution < -0.4 is 5.48 Å². The fourth-order valence-electron chi connectivity index (χ4n) is 2.01. The highest BCUT2D eigenvalue weighted by Gasteiger charge is 2.31. The summed E-state index contributed by atoms with van der Waals surface area (Å²) in [6.45, 7) is 6.15. The summed E-state index contributed by atoms with van der Waals surface area (Å²) in [6, 6.07) is 8.62. The van der Waals surface area contributed by atoms with Gasteiger partial charge in [-0.2, -0.15) is 5.48 Å². The van der Waals surface area contributed by atoms with Gasteiger partial charge < -0.3 is 0 Å². The summed E-state index contributed by atoms with van der Waals surface area (Å²) in [4.78, 5) is 5.57. The van der Waals surface area contributed by atoms with Gasteiger partial charge in [0.2, 0.25) is 0 Å². The third kappa shape index (κ3) is 3.70. The molecule has 2 nitrogen and oxygen atoms in total. The first kappa shape index (κ1) is 12.9. The molecule has 0 aromatic heterocycles. The van der Waals surface area contributed by atoms with Gasteiger partial charge in [-0.25, -0.2) is 0 Å². The molecule has 1 aromatic rings. The van der Waals surface area contributed by atoms with Gasteiger partial charge in [-0.15, -0.1) is 0 Å². The second kappa shape index (κ2) is 4.97. The van der Waals surface area contributed by atoms with Crippen LogP contribution in [0.2, 0.25) is 5.02 Å². The van der Waals surface area contributed by atoms with Gasteiger partial charge in [0.05, 0.1) is 5.60 Å². The molecular weight excluding hydrogens is 234 g/mol. The Morgan fingerprint density at radius 1 is 1.29 bits per heavy atom. The molecule has 1 aromatic carbocycles. The molecule has 0 atom stereocenters. The molecule has 1 aliphatic carbocycles. The van der Waals surface area contributed by atoms with Crippen molar-refractivity contribution in [3.8, 4) is 0 Å². The van der Waals surface area contributed by atoms with Gasteiger partial charge in [-0.1, -0.05) is 23.7 Å². The summed E-state index contributed by atoms with van der Waals surface area (Å²) in [7, 11) is 0. The number of rotatable bonds is 3. The molecule has 1 fully saturated rings. The van der Waals surface area contributed by atoms with Crippen LogP contribution in [-0.2, 0) is 4.84 Å². The smallest absolute Gasteiger partial charge is 0.0813 e. The van der Waals surface area contributed by atoms with E-state index in [-0.39, 0.29) is 5.60 Å². The number of hydrogen-bond donors (Lipinski definition) is 1. The van der Waals surface area contributed by atoms with Crippen LogP contribution in [0, 0.1) is 0 Å². The Labute approximate surface area is 108 Å². The van der Waals surface area contributed by atoms with E-state index in [1.165, 1.54) is 5.56 Å². The minimum absolute atomic E-state index is 0.124. The molecule has 0 aliphatic heterocycles. The average molecular weight is 254 g/mol. The van der Waals surface area contributed by atoms with Crippen molar-refractivity contribution >= 4 is 11.6 Å². The lowest BCUT2D eigenvalue weighted by atomic mass is 9.76. The van der Waals surface area contributed by atoms with Crippen molar-refractivity contribution in [3.05, 3.63) is 34.9 Å². The molecule has 0 spiro atoms. The van der Waals surface area contributed by atoms with E-state index in [1.54, 1.807) is 0 Å². The maximum atomic E-state index is 5.99. The minimum atomic E-state index is -0.124. The van der Waals surface area contributed by atoms with E-state index in [4.69, 9.17) is 16.4 Å². The maximum absolute atomic E-state index is 5.99. The fraction of sp³-hybridized carbons (Fsp3) is 0.571. The molecule has 2 rings (SSSR count). The summed E-state index contributed by atoms with van der Waals surface area (Å²) in [5.41, 5.74) is 4.36. The van der Waals surface area contributed by atoms with Crippen LogP contribution in [0.25, 0.3) is 0 Å². The van der Waals surface area contributed by atoms with Crippen LogP contribution >= 0.6 is 11.6 Å². The average Bonchev–Trinajstić information content (AvgIpc) is 2.13. The van der Waals surface area contributed by atoms with Crippen molar-refractivity contribution in [2.24, 2.45) is 0 Å². The molecule has 1 saturated carbocycles. The van der Waals surface area contributed by atoms with Crippen molar-refractivity contribution in [3.63, 3.8) is 0 Å². The van der Waals surface area contributed by atoms with Crippen LogP contribution in [0.3, 0.4) is 0 Å². The standard InChI is InChI=1S/C14H20ClNO/c1-14(2,3)17-16-13-8-11(9-13)10-5-4-6-12(15)7-10/h4-7,11,13,16H,8-9H2,1-3H3. The second-order valence-corrected chi connectivity index (χ2v) is 6.19. The number of halogens is 1. The Morgan fingerprint density at radius 2 is 2.00 bits per heavy atom. The number of nitrogens with one attached hydrogen (secondary N) is 1. The van der Waals surface area contributed by atoms with Crippen LogP contribution in [0.1, 0.15) is 45.1 Å². The van der Waals surface area contributed by atoms with Crippen molar-refractivity contribution in [2.45, 2.75) is 51.2 Å². The fourth-order valence-corrected chi connectivity index (χ4v) is 2.21. The molecule has 1 aliphatic rings. The molecule has 94 valence electrons. The first-order chi connectivity index (χ1) is 7.94. The maximum Gasteiger partial charge on any atom is 0.0813 e. The van der Waals surface area contributed by atoms with E-state index in [2.05, 4.69) is 17.6 Å². The third-order valence-corrected chi connectivity index (χ3v) is 3.23. The number of hydroxylamine groups is 1. The second-order valence-electron chi connectivity index (χ2n) is 5.75. The van der Waals surface area contributed by atoms with Crippen molar-refractivity contribution in [2.75, 3.05) is 0 Å². The van der Waals surface area contributed by atoms with Crippen molar-refractivity contribution < 1.29 is 4.84 Å². The van der Waals surface area contributed by atoms with Crippen LogP contribution in [0.5, 0.6) is 0 Å². The number of benzene rings is 1. The van der Waals surface area contributed by atoms with Gasteiger partial charge >= 0.3 is 0 Å². The summed E-state index contributed by atoms with van der Waals surface area (Å²) in [5.74, 6) is 0.620. The lowest BCUT2D eigenvalue weighted by Crippen LogP contribution is -2.43. The van der Waals surface area contributed by atoms with Crippen molar-refractivity contribution in [1.82, 2.24) is 5.48 Å². The Kier molecular flexibility index (Phi) is 3.76. The molecule has 3 heteroatoms. The van der Waals surface area contributed by atoms with Crippen LogP contribution in [-0.4, -0.2) is 11.6 Å². The zero-order valence-corrected chi connectivity index (χ0v) is 11.4. The minimum Gasteiger partial charge on any atom is -0.296 e. The zero-order valence-electron chi connectivity index (χ0n) is 10.7. The molecule has 0 amide bonds. The van der Waals surface area contributed by atoms with Gasteiger partial charge in [-0.3, -0.25) is 4.84 Å². The molecule has 17 heavy (non-hydrogen) atoms. The predicted molar refractivity (Wildman–Crippen MR) is 71.2 cm³/mol. The zero-order chi connectivity index (χ0) is 12.5. The van der Waals surface area contributed by atoms with Gasteiger partial charge in [-0.05, 0) is 57.2 Å². The van der Waals surface area contributed by atoms with E-state index in [9.17, 15) is 0 Å². The summed E-state index contributed by atoms with van der Waals surface area (Å²) < 4.78 is 0. The quantitative estimate of drug-likeness (QED) is 0.825. The first-order valence-corrected chi connectivity index (χ1v) is 6.51. The normalized spacial score (nSPS) is 24.5. The highest BCUT2D eigenvalue weighted by molar-refractivity contribution is 6.30. The van der Waals surface area contributed by atoms with E-state index in [0.717, 1.165) is 17.9 Å². The van der Waals surface area contributed by atoms with E-state index in [0.29, 0.717) is 12.0 Å². The van der Waals surface area contributed by atoms with Gasteiger partial charge in [0.25, 0.3) is 0 Å². The first-order valence-electron chi connectivity index (χ1n) is 6.13. The molecular formula is C14H20ClNO. The third-order valence-electron chi connectivity index (χ3n) is 2.99.